The molecule has 0 unspecified atom stereocenters. The van der Waals surface area contributed by atoms with Crippen LogP contribution >= 0.6 is 0 Å². The Hall–Kier alpha value is -3.19. The number of anilines is 1. The van der Waals surface area contributed by atoms with Crippen LogP contribution in [0.15, 0.2) is 71.9 Å². The lowest BCUT2D eigenvalue weighted by molar-refractivity contribution is 0.0951. The van der Waals surface area contributed by atoms with Crippen molar-refractivity contribution in [1.82, 2.24) is 10.3 Å². The van der Waals surface area contributed by atoms with Gasteiger partial charge >= 0.3 is 0 Å². The predicted molar refractivity (Wildman–Crippen MR) is 113 cm³/mol. The molecule has 0 saturated heterocycles. The van der Waals surface area contributed by atoms with Gasteiger partial charge in [-0.2, -0.15) is 0 Å². The second kappa shape index (κ2) is 8.87. The third kappa shape index (κ3) is 5.20. The average molecular weight is 410 g/mol. The van der Waals surface area contributed by atoms with Crippen molar-refractivity contribution in [1.29, 1.82) is 0 Å². The first-order valence-electron chi connectivity index (χ1n) is 9.28. The van der Waals surface area contributed by atoms with Gasteiger partial charge in [0, 0.05) is 24.5 Å². The maximum absolute atomic E-state index is 12.8. The number of carbonyl (C=O) groups is 1. The fraction of sp³-hybridized carbons (Fsp3) is 0.182. The highest BCUT2D eigenvalue weighted by atomic mass is 32.2. The Bertz CT molecular complexity index is 1100. The molecular weight excluding hydrogens is 386 g/mol. The van der Waals surface area contributed by atoms with Crippen LogP contribution in [0.2, 0.25) is 0 Å². The molecule has 150 valence electrons. The second-order valence-electron chi connectivity index (χ2n) is 6.69. The Morgan fingerprint density at radius 1 is 1.07 bits per heavy atom. The summed E-state index contributed by atoms with van der Waals surface area (Å²) in [6.45, 7) is 4.17. The van der Waals surface area contributed by atoms with Crippen LogP contribution in [0.25, 0.3) is 0 Å². The highest BCUT2D eigenvalue weighted by molar-refractivity contribution is 7.92. The van der Waals surface area contributed by atoms with Crippen LogP contribution in [0.5, 0.6) is 0 Å². The molecule has 0 radical (unpaired) electrons. The molecule has 3 aromatic rings. The summed E-state index contributed by atoms with van der Waals surface area (Å²) in [4.78, 5) is 16.7. The van der Waals surface area contributed by atoms with Crippen LogP contribution < -0.4 is 10.0 Å². The summed E-state index contributed by atoms with van der Waals surface area (Å²) >= 11 is 0. The van der Waals surface area contributed by atoms with Gasteiger partial charge in [-0.1, -0.05) is 36.8 Å². The van der Waals surface area contributed by atoms with E-state index >= 15 is 0 Å². The van der Waals surface area contributed by atoms with Gasteiger partial charge in [-0.25, -0.2) is 8.42 Å². The van der Waals surface area contributed by atoms with E-state index in [0.717, 1.165) is 16.7 Å². The van der Waals surface area contributed by atoms with E-state index in [1.54, 1.807) is 60.9 Å². The standard InChI is InChI=1S/C22H23N3O3S/c1-3-18-8-9-19(22(26)24-15-17-5-4-12-23-14-17)13-21(18)25-29(27,28)20-10-6-16(2)7-11-20/h4-14,25H,3,15H2,1-2H3,(H,24,26). The van der Waals surface area contributed by atoms with Crippen molar-refractivity contribution in [3.63, 3.8) is 0 Å². The van der Waals surface area contributed by atoms with Gasteiger partial charge in [-0.3, -0.25) is 14.5 Å². The predicted octanol–water partition coefficient (Wildman–Crippen LogP) is 3.68. The third-order valence-corrected chi connectivity index (χ3v) is 5.89. The zero-order valence-corrected chi connectivity index (χ0v) is 17.2. The molecule has 1 amide bonds. The zero-order valence-electron chi connectivity index (χ0n) is 16.3. The number of amides is 1. The minimum absolute atomic E-state index is 0.177. The Labute approximate surface area is 171 Å². The Kier molecular flexibility index (Phi) is 6.29. The zero-order chi connectivity index (χ0) is 20.9. The topological polar surface area (TPSA) is 88.2 Å². The molecule has 0 aliphatic rings. The van der Waals surface area contributed by atoms with Crippen LogP contribution in [0.4, 0.5) is 5.69 Å². The van der Waals surface area contributed by atoms with Crippen molar-refractivity contribution < 1.29 is 13.2 Å². The first-order chi connectivity index (χ1) is 13.9. The average Bonchev–Trinajstić information content (AvgIpc) is 2.72. The van der Waals surface area contributed by atoms with Crippen molar-refractivity contribution in [2.24, 2.45) is 0 Å². The van der Waals surface area contributed by atoms with Gasteiger partial charge in [-0.05, 0) is 54.8 Å². The van der Waals surface area contributed by atoms with E-state index < -0.39 is 10.0 Å². The molecule has 2 aromatic carbocycles. The number of aromatic nitrogens is 1. The monoisotopic (exact) mass is 409 g/mol. The van der Waals surface area contributed by atoms with Crippen molar-refractivity contribution in [3.05, 3.63) is 89.2 Å². The summed E-state index contributed by atoms with van der Waals surface area (Å²) in [5.74, 6) is -0.285. The van der Waals surface area contributed by atoms with Crippen molar-refractivity contribution in [3.8, 4) is 0 Å². The lowest BCUT2D eigenvalue weighted by Gasteiger charge is -2.14. The maximum atomic E-state index is 12.8. The number of nitrogens with zero attached hydrogens (tertiary/aromatic N) is 1. The molecule has 0 aliphatic carbocycles. The number of pyridine rings is 1. The molecule has 0 saturated carbocycles. The molecule has 0 spiro atoms. The molecule has 0 bridgehead atoms. The first kappa shape index (κ1) is 20.5. The highest BCUT2D eigenvalue weighted by Gasteiger charge is 2.17. The van der Waals surface area contributed by atoms with Crippen LogP contribution in [-0.2, 0) is 23.0 Å². The van der Waals surface area contributed by atoms with Crippen molar-refractivity contribution >= 4 is 21.6 Å². The van der Waals surface area contributed by atoms with E-state index in [1.165, 1.54) is 0 Å². The van der Waals surface area contributed by atoms with Gasteiger partial charge < -0.3 is 5.32 Å². The molecule has 2 N–H and O–H groups in total. The summed E-state index contributed by atoms with van der Waals surface area (Å²) in [6.07, 6.45) is 3.98. The SMILES string of the molecule is CCc1ccc(C(=O)NCc2cccnc2)cc1NS(=O)(=O)c1ccc(C)cc1. The van der Waals surface area contributed by atoms with Gasteiger partial charge in [0.15, 0.2) is 0 Å². The van der Waals surface area contributed by atoms with Crippen LogP contribution in [0, 0.1) is 6.92 Å². The number of nitrogens with one attached hydrogen (secondary N) is 2. The third-order valence-electron chi connectivity index (χ3n) is 4.50. The second-order valence-corrected chi connectivity index (χ2v) is 8.37. The molecule has 3 rings (SSSR count). The fourth-order valence-electron chi connectivity index (χ4n) is 2.83. The molecule has 7 heteroatoms. The number of hydrogen-bond acceptors (Lipinski definition) is 4. The maximum Gasteiger partial charge on any atom is 0.261 e. The quantitative estimate of drug-likeness (QED) is 0.623. The van der Waals surface area contributed by atoms with Crippen molar-refractivity contribution in [2.45, 2.75) is 31.7 Å². The molecular formula is C22H23N3O3S. The van der Waals surface area contributed by atoms with E-state index in [4.69, 9.17) is 0 Å². The first-order valence-corrected chi connectivity index (χ1v) is 10.8. The van der Waals surface area contributed by atoms with Gasteiger partial charge in [-0.15, -0.1) is 0 Å². The van der Waals surface area contributed by atoms with Gasteiger partial charge in [0.2, 0.25) is 0 Å². The number of sulfonamides is 1. The summed E-state index contributed by atoms with van der Waals surface area (Å²) in [6, 6.07) is 15.3. The van der Waals surface area contributed by atoms with Crippen LogP contribution in [-0.4, -0.2) is 19.3 Å². The molecule has 1 aromatic heterocycles. The fourth-order valence-corrected chi connectivity index (χ4v) is 3.92. The number of benzene rings is 2. The van der Waals surface area contributed by atoms with E-state index in [1.807, 2.05) is 19.9 Å². The molecule has 29 heavy (non-hydrogen) atoms. The van der Waals surface area contributed by atoms with Gasteiger partial charge in [0.05, 0.1) is 10.6 Å². The van der Waals surface area contributed by atoms with Gasteiger partial charge in [0.25, 0.3) is 15.9 Å². The van der Waals surface area contributed by atoms with Crippen LogP contribution in [0.1, 0.15) is 34.0 Å². The normalized spacial score (nSPS) is 11.1. The molecule has 0 aliphatic heterocycles. The smallest absolute Gasteiger partial charge is 0.261 e. The van der Waals surface area contributed by atoms with E-state index in [9.17, 15) is 13.2 Å². The molecule has 0 fully saturated rings. The molecule has 1 heterocycles. The summed E-state index contributed by atoms with van der Waals surface area (Å²) < 4.78 is 28.1. The Morgan fingerprint density at radius 2 is 1.83 bits per heavy atom. The number of hydrogen-bond donors (Lipinski definition) is 2. The van der Waals surface area contributed by atoms with Crippen LogP contribution in [0.3, 0.4) is 0 Å². The van der Waals surface area contributed by atoms with E-state index in [-0.39, 0.29) is 10.8 Å². The largest absolute Gasteiger partial charge is 0.348 e. The van der Waals surface area contributed by atoms with E-state index in [0.29, 0.717) is 24.2 Å². The summed E-state index contributed by atoms with van der Waals surface area (Å²) in [5, 5.41) is 2.82. The number of rotatable bonds is 7. The lowest BCUT2D eigenvalue weighted by atomic mass is 10.1. The summed E-state index contributed by atoms with van der Waals surface area (Å²) in [5.41, 5.74) is 3.45. The minimum atomic E-state index is -3.75. The van der Waals surface area contributed by atoms with Gasteiger partial charge in [0.1, 0.15) is 0 Å². The summed E-state index contributed by atoms with van der Waals surface area (Å²) in [7, 11) is -3.75. The lowest BCUT2D eigenvalue weighted by Crippen LogP contribution is -2.23. The molecule has 6 nitrogen and oxygen atoms in total. The van der Waals surface area contributed by atoms with E-state index in [2.05, 4.69) is 15.0 Å². The highest BCUT2D eigenvalue weighted by Crippen LogP contribution is 2.23. The Morgan fingerprint density at radius 3 is 2.48 bits per heavy atom. The number of aryl methyl sites for hydroxylation is 2. The Balaban J connectivity index is 1.81. The van der Waals surface area contributed by atoms with Crippen molar-refractivity contribution in [2.75, 3.05) is 4.72 Å². The molecule has 0 atom stereocenters. The minimum Gasteiger partial charge on any atom is -0.348 e. The number of carbonyl (C=O) groups excluding carboxylic acids is 1.